The lowest BCUT2D eigenvalue weighted by Gasteiger charge is -1.99. The molecule has 0 bridgehead atoms. The summed E-state index contributed by atoms with van der Waals surface area (Å²) in [7, 11) is 0. The maximum absolute atomic E-state index is 5.19. The summed E-state index contributed by atoms with van der Waals surface area (Å²) < 4.78 is 5.19. The second kappa shape index (κ2) is 4.13. The first-order valence-electron chi connectivity index (χ1n) is 5.07. The van der Waals surface area contributed by atoms with E-state index in [1.165, 1.54) is 0 Å². The van der Waals surface area contributed by atoms with Crippen molar-refractivity contribution in [2.24, 2.45) is 0 Å². The van der Waals surface area contributed by atoms with E-state index >= 15 is 0 Å². The van der Waals surface area contributed by atoms with Crippen molar-refractivity contribution in [3.63, 3.8) is 0 Å². The van der Waals surface area contributed by atoms with Crippen LogP contribution >= 0.6 is 0 Å². The monoisotopic (exact) mass is 224 g/mol. The summed E-state index contributed by atoms with van der Waals surface area (Å²) in [6, 6.07) is 7.30. The molecule has 0 saturated heterocycles. The zero-order valence-electron chi connectivity index (χ0n) is 8.82. The van der Waals surface area contributed by atoms with E-state index < -0.39 is 0 Å². The van der Waals surface area contributed by atoms with E-state index in [1.807, 2.05) is 12.1 Å². The third-order valence-corrected chi connectivity index (χ3v) is 2.28. The second-order valence-electron chi connectivity index (χ2n) is 3.38. The Bertz CT molecular complexity index is 590. The van der Waals surface area contributed by atoms with Crippen LogP contribution in [0.4, 0.5) is 0 Å². The lowest BCUT2D eigenvalue weighted by Crippen LogP contribution is -1.93. The number of pyridine rings is 1. The van der Waals surface area contributed by atoms with Gasteiger partial charge in [0.25, 0.3) is 0 Å². The highest BCUT2D eigenvalue weighted by atomic mass is 16.3. The van der Waals surface area contributed by atoms with Crippen LogP contribution < -0.4 is 0 Å². The fourth-order valence-electron chi connectivity index (χ4n) is 1.45. The van der Waals surface area contributed by atoms with Gasteiger partial charge in [-0.15, -0.1) is 10.2 Å². The first-order valence-corrected chi connectivity index (χ1v) is 5.07. The van der Waals surface area contributed by atoms with Crippen molar-refractivity contribution in [3.05, 3.63) is 49.1 Å². The second-order valence-corrected chi connectivity index (χ2v) is 3.38. The van der Waals surface area contributed by atoms with Crippen LogP contribution in [0, 0.1) is 0 Å². The molecule has 0 aliphatic rings. The number of hydrogen-bond acceptors (Lipinski definition) is 5. The first-order chi connectivity index (χ1) is 8.43. The molecular weight excluding hydrogens is 216 g/mol. The predicted octanol–water partition coefficient (Wildman–Crippen LogP) is 2.19. The van der Waals surface area contributed by atoms with Gasteiger partial charge in [0.1, 0.15) is 5.69 Å². The van der Waals surface area contributed by atoms with Gasteiger partial charge in [-0.25, -0.2) is 4.98 Å². The Morgan fingerprint density at radius 2 is 1.88 bits per heavy atom. The minimum Gasteiger partial charge on any atom is -0.461 e. The maximum atomic E-state index is 5.19. The van der Waals surface area contributed by atoms with Gasteiger partial charge in [0, 0.05) is 18.0 Å². The molecule has 0 radical (unpaired) electrons. The highest BCUT2D eigenvalue weighted by Crippen LogP contribution is 2.17. The standard InChI is InChI=1S/C12H8N4O/c1-2-11(17-7-1)12-14-8-10(15-16-12)9-3-5-13-6-4-9/h1-8H. The van der Waals surface area contributed by atoms with Crippen LogP contribution in [0.3, 0.4) is 0 Å². The molecule has 3 aromatic rings. The molecule has 3 heterocycles. The van der Waals surface area contributed by atoms with Crippen LogP contribution in [0.15, 0.2) is 53.5 Å². The van der Waals surface area contributed by atoms with Crippen molar-refractivity contribution >= 4 is 0 Å². The van der Waals surface area contributed by atoms with E-state index in [0.717, 1.165) is 5.56 Å². The predicted molar refractivity (Wildman–Crippen MR) is 60.8 cm³/mol. The number of rotatable bonds is 2. The highest BCUT2D eigenvalue weighted by molar-refractivity contribution is 5.57. The molecule has 0 N–H and O–H groups in total. The topological polar surface area (TPSA) is 64.7 Å². The minimum atomic E-state index is 0.479. The van der Waals surface area contributed by atoms with Crippen LogP contribution in [-0.4, -0.2) is 20.2 Å². The summed E-state index contributed by atoms with van der Waals surface area (Å²) in [6.07, 6.45) is 6.66. The average molecular weight is 224 g/mol. The molecule has 17 heavy (non-hydrogen) atoms. The van der Waals surface area contributed by atoms with Crippen molar-refractivity contribution in [1.29, 1.82) is 0 Å². The molecule has 5 nitrogen and oxygen atoms in total. The Kier molecular flexibility index (Phi) is 2.34. The third-order valence-electron chi connectivity index (χ3n) is 2.28. The summed E-state index contributed by atoms with van der Waals surface area (Å²) in [5, 5.41) is 8.13. The van der Waals surface area contributed by atoms with Gasteiger partial charge in [-0.3, -0.25) is 4.98 Å². The van der Waals surface area contributed by atoms with E-state index in [4.69, 9.17) is 4.42 Å². The molecule has 0 spiro atoms. The molecule has 0 aromatic carbocycles. The lowest BCUT2D eigenvalue weighted by atomic mass is 10.2. The van der Waals surface area contributed by atoms with E-state index in [1.54, 1.807) is 37.0 Å². The van der Waals surface area contributed by atoms with E-state index in [2.05, 4.69) is 20.2 Å². The maximum Gasteiger partial charge on any atom is 0.217 e. The molecular formula is C12H8N4O. The normalized spacial score (nSPS) is 10.4. The number of aromatic nitrogens is 4. The summed E-state index contributed by atoms with van der Waals surface area (Å²) in [4.78, 5) is 8.16. The van der Waals surface area contributed by atoms with Crippen LogP contribution in [-0.2, 0) is 0 Å². The smallest absolute Gasteiger partial charge is 0.217 e. The van der Waals surface area contributed by atoms with Crippen LogP contribution in [0.5, 0.6) is 0 Å². The quantitative estimate of drug-likeness (QED) is 0.667. The fourth-order valence-corrected chi connectivity index (χ4v) is 1.45. The largest absolute Gasteiger partial charge is 0.461 e. The molecule has 0 saturated carbocycles. The SMILES string of the molecule is c1coc(-c2ncc(-c3ccncc3)nn2)c1. The van der Waals surface area contributed by atoms with Crippen LogP contribution in [0.25, 0.3) is 22.8 Å². The van der Waals surface area contributed by atoms with Gasteiger partial charge in [-0.1, -0.05) is 0 Å². The van der Waals surface area contributed by atoms with Crippen molar-refractivity contribution in [1.82, 2.24) is 20.2 Å². The van der Waals surface area contributed by atoms with Crippen molar-refractivity contribution in [2.75, 3.05) is 0 Å². The Morgan fingerprint density at radius 1 is 1.00 bits per heavy atom. The zero-order valence-corrected chi connectivity index (χ0v) is 8.82. The van der Waals surface area contributed by atoms with Crippen molar-refractivity contribution in [3.8, 4) is 22.8 Å². The Hall–Kier alpha value is -2.56. The number of nitrogens with zero attached hydrogens (tertiary/aromatic N) is 4. The van der Waals surface area contributed by atoms with E-state index in [-0.39, 0.29) is 0 Å². The molecule has 0 aliphatic carbocycles. The molecule has 3 rings (SSSR count). The van der Waals surface area contributed by atoms with Gasteiger partial charge >= 0.3 is 0 Å². The summed E-state index contributed by atoms with van der Waals surface area (Å²) in [6.45, 7) is 0. The van der Waals surface area contributed by atoms with Gasteiger partial charge in [0.2, 0.25) is 5.82 Å². The minimum absolute atomic E-state index is 0.479. The van der Waals surface area contributed by atoms with Gasteiger partial charge in [0.05, 0.1) is 12.5 Å². The van der Waals surface area contributed by atoms with Crippen molar-refractivity contribution < 1.29 is 4.42 Å². The number of hydrogen-bond donors (Lipinski definition) is 0. The molecule has 5 heteroatoms. The Balaban J connectivity index is 1.96. The van der Waals surface area contributed by atoms with Crippen molar-refractivity contribution in [2.45, 2.75) is 0 Å². The molecule has 0 amide bonds. The molecule has 0 unspecified atom stereocenters. The van der Waals surface area contributed by atoms with Gasteiger partial charge in [-0.05, 0) is 24.3 Å². The lowest BCUT2D eigenvalue weighted by molar-refractivity contribution is 0.575. The van der Waals surface area contributed by atoms with Gasteiger partial charge in [-0.2, -0.15) is 0 Å². The summed E-state index contributed by atoms with van der Waals surface area (Å²) in [5.41, 5.74) is 1.65. The average Bonchev–Trinajstić information content (AvgIpc) is 2.94. The molecule has 0 fully saturated rings. The third kappa shape index (κ3) is 1.90. The molecule has 82 valence electrons. The van der Waals surface area contributed by atoms with E-state index in [9.17, 15) is 0 Å². The van der Waals surface area contributed by atoms with Gasteiger partial charge in [0.15, 0.2) is 5.76 Å². The molecule has 0 aliphatic heterocycles. The summed E-state index contributed by atoms with van der Waals surface area (Å²) in [5.74, 6) is 1.09. The molecule has 0 atom stereocenters. The van der Waals surface area contributed by atoms with Crippen LogP contribution in [0.1, 0.15) is 0 Å². The van der Waals surface area contributed by atoms with Gasteiger partial charge < -0.3 is 4.42 Å². The van der Waals surface area contributed by atoms with Crippen LogP contribution in [0.2, 0.25) is 0 Å². The number of furan rings is 1. The zero-order chi connectivity index (χ0) is 11.5. The van der Waals surface area contributed by atoms with E-state index in [0.29, 0.717) is 17.3 Å². The first kappa shape index (κ1) is 9.65. The Labute approximate surface area is 97.2 Å². The fraction of sp³-hybridized carbons (Fsp3) is 0. The molecule has 3 aromatic heterocycles. The Morgan fingerprint density at radius 3 is 2.53 bits per heavy atom. The highest BCUT2D eigenvalue weighted by Gasteiger charge is 2.06. The summed E-state index contributed by atoms with van der Waals surface area (Å²) >= 11 is 0.